The maximum atomic E-state index is 5.72. The number of ether oxygens (including phenoxy) is 1. The Bertz CT molecular complexity index is 184. The highest BCUT2D eigenvalue weighted by molar-refractivity contribution is 4.86. The number of rotatable bonds is 8. The van der Waals surface area contributed by atoms with Gasteiger partial charge in [0.25, 0.3) is 0 Å². The fourth-order valence-corrected chi connectivity index (χ4v) is 2.49. The molecule has 0 aromatic carbocycles. The van der Waals surface area contributed by atoms with E-state index in [4.69, 9.17) is 4.74 Å². The van der Waals surface area contributed by atoms with E-state index in [-0.39, 0.29) is 11.5 Å². The lowest BCUT2D eigenvalue weighted by Gasteiger charge is -2.36. The number of hydrogen-bond donors (Lipinski definition) is 1. The number of likely N-dealkylation sites (N-methyl/N-ethyl adjacent to an activating group) is 1. The summed E-state index contributed by atoms with van der Waals surface area (Å²) >= 11 is 0. The standard InChI is InChI=1S/C15H33NO/c1-8-16-13(11-9-10-12(2)3)14(17-7)15(4,5)6/h12-14,16H,8-11H2,1-7H3. The van der Waals surface area contributed by atoms with E-state index in [1.165, 1.54) is 19.3 Å². The van der Waals surface area contributed by atoms with Crippen molar-refractivity contribution in [2.75, 3.05) is 13.7 Å². The van der Waals surface area contributed by atoms with Gasteiger partial charge in [0.05, 0.1) is 6.10 Å². The Morgan fingerprint density at radius 1 is 1.12 bits per heavy atom. The second-order valence-corrected chi connectivity index (χ2v) is 6.51. The lowest BCUT2D eigenvalue weighted by atomic mass is 9.82. The van der Waals surface area contributed by atoms with Crippen LogP contribution in [0.25, 0.3) is 0 Å². The maximum absolute atomic E-state index is 5.72. The van der Waals surface area contributed by atoms with Gasteiger partial charge < -0.3 is 10.1 Å². The average molecular weight is 243 g/mol. The molecule has 0 saturated carbocycles. The highest BCUT2D eigenvalue weighted by Crippen LogP contribution is 2.27. The SMILES string of the molecule is CCNC(CCCC(C)C)C(OC)C(C)(C)C. The Labute approximate surface area is 109 Å². The first-order chi connectivity index (χ1) is 7.82. The Hall–Kier alpha value is -0.0800. The summed E-state index contributed by atoms with van der Waals surface area (Å²) in [5, 5.41) is 3.59. The summed E-state index contributed by atoms with van der Waals surface area (Å²) in [6, 6.07) is 0.476. The fraction of sp³-hybridized carbons (Fsp3) is 1.00. The van der Waals surface area contributed by atoms with Crippen LogP contribution < -0.4 is 5.32 Å². The number of nitrogens with one attached hydrogen (secondary N) is 1. The predicted molar refractivity (Wildman–Crippen MR) is 76.4 cm³/mol. The summed E-state index contributed by atoms with van der Waals surface area (Å²) < 4.78 is 5.72. The van der Waals surface area contributed by atoms with Crippen molar-refractivity contribution in [3.8, 4) is 0 Å². The zero-order chi connectivity index (χ0) is 13.5. The highest BCUT2D eigenvalue weighted by Gasteiger charge is 2.31. The summed E-state index contributed by atoms with van der Waals surface area (Å²) in [7, 11) is 1.84. The monoisotopic (exact) mass is 243 g/mol. The Morgan fingerprint density at radius 3 is 2.06 bits per heavy atom. The van der Waals surface area contributed by atoms with Crippen molar-refractivity contribution in [1.82, 2.24) is 5.32 Å². The molecule has 0 aliphatic heterocycles. The van der Waals surface area contributed by atoms with Crippen LogP contribution in [0.15, 0.2) is 0 Å². The van der Waals surface area contributed by atoms with Crippen molar-refractivity contribution in [3.05, 3.63) is 0 Å². The minimum Gasteiger partial charge on any atom is -0.379 e. The van der Waals surface area contributed by atoms with E-state index in [9.17, 15) is 0 Å². The topological polar surface area (TPSA) is 21.3 Å². The molecule has 0 aromatic rings. The minimum atomic E-state index is 0.194. The van der Waals surface area contributed by atoms with Gasteiger partial charge in [0.15, 0.2) is 0 Å². The predicted octanol–water partition coefficient (Wildman–Crippen LogP) is 3.85. The molecule has 1 N–H and O–H groups in total. The van der Waals surface area contributed by atoms with Crippen LogP contribution in [0.3, 0.4) is 0 Å². The van der Waals surface area contributed by atoms with Crippen LogP contribution >= 0.6 is 0 Å². The molecule has 2 heteroatoms. The molecule has 0 aliphatic rings. The first-order valence-electron chi connectivity index (χ1n) is 7.09. The third-order valence-electron chi connectivity index (χ3n) is 3.24. The molecule has 0 spiro atoms. The molecule has 104 valence electrons. The molecular formula is C15H33NO. The van der Waals surface area contributed by atoms with Gasteiger partial charge in [-0.25, -0.2) is 0 Å². The van der Waals surface area contributed by atoms with Crippen molar-refractivity contribution in [2.45, 2.75) is 73.0 Å². The van der Waals surface area contributed by atoms with Crippen LogP contribution in [0.2, 0.25) is 0 Å². The van der Waals surface area contributed by atoms with E-state index in [0.29, 0.717) is 6.04 Å². The molecule has 2 unspecified atom stereocenters. The lowest BCUT2D eigenvalue weighted by molar-refractivity contribution is -0.0134. The van der Waals surface area contributed by atoms with Gasteiger partial charge in [-0.2, -0.15) is 0 Å². The molecule has 0 aromatic heterocycles. The van der Waals surface area contributed by atoms with Crippen LogP contribution in [0, 0.1) is 11.3 Å². The van der Waals surface area contributed by atoms with Crippen LogP contribution in [-0.2, 0) is 4.74 Å². The van der Waals surface area contributed by atoms with E-state index in [0.717, 1.165) is 12.5 Å². The molecule has 2 atom stereocenters. The average Bonchev–Trinajstić information content (AvgIpc) is 2.15. The van der Waals surface area contributed by atoms with Crippen molar-refractivity contribution >= 4 is 0 Å². The summed E-state index contributed by atoms with van der Waals surface area (Å²) in [4.78, 5) is 0. The van der Waals surface area contributed by atoms with Crippen molar-refractivity contribution in [3.63, 3.8) is 0 Å². The van der Waals surface area contributed by atoms with E-state index in [1.54, 1.807) is 0 Å². The smallest absolute Gasteiger partial charge is 0.0772 e. The van der Waals surface area contributed by atoms with Crippen LogP contribution in [0.5, 0.6) is 0 Å². The summed E-state index contributed by atoms with van der Waals surface area (Å²) in [6.07, 6.45) is 4.09. The normalized spacial score (nSPS) is 16.2. The van der Waals surface area contributed by atoms with Gasteiger partial charge in [0.1, 0.15) is 0 Å². The molecule has 2 nitrogen and oxygen atoms in total. The summed E-state index contributed by atoms with van der Waals surface area (Å²) in [5.74, 6) is 0.799. The lowest BCUT2D eigenvalue weighted by Crippen LogP contribution is -2.47. The van der Waals surface area contributed by atoms with Gasteiger partial charge in [-0.15, -0.1) is 0 Å². The maximum Gasteiger partial charge on any atom is 0.0772 e. The van der Waals surface area contributed by atoms with Gasteiger partial charge in [-0.1, -0.05) is 54.4 Å². The zero-order valence-electron chi connectivity index (χ0n) is 13.0. The molecule has 0 heterocycles. The zero-order valence-corrected chi connectivity index (χ0v) is 13.0. The van der Waals surface area contributed by atoms with Crippen molar-refractivity contribution in [1.29, 1.82) is 0 Å². The second kappa shape index (κ2) is 8.10. The van der Waals surface area contributed by atoms with E-state index in [1.807, 2.05) is 7.11 Å². The fourth-order valence-electron chi connectivity index (χ4n) is 2.49. The minimum absolute atomic E-state index is 0.194. The molecule has 0 aliphatic carbocycles. The van der Waals surface area contributed by atoms with E-state index in [2.05, 4.69) is 46.9 Å². The molecule has 0 bridgehead atoms. The third kappa shape index (κ3) is 7.05. The van der Waals surface area contributed by atoms with Gasteiger partial charge in [0.2, 0.25) is 0 Å². The van der Waals surface area contributed by atoms with Crippen LogP contribution in [0.1, 0.15) is 60.8 Å². The number of hydrogen-bond acceptors (Lipinski definition) is 2. The first-order valence-corrected chi connectivity index (χ1v) is 7.09. The second-order valence-electron chi connectivity index (χ2n) is 6.51. The quantitative estimate of drug-likeness (QED) is 0.699. The van der Waals surface area contributed by atoms with Gasteiger partial charge in [-0.3, -0.25) is 0 Å². The molecule has 0 fully saturated rings. The molecule has 0 rings (SSSR count). The van der Waals surface area contributed by atoms with Gasteiger partial charge in [0, 0.05) is 13.2 Å². The van der Waals surface area contributed by atoms with E-state index >= 15 is 0 Å². The number of methoxy groups -OCH3 is 1. The Kier molecular flexibility index (Phi) is 8.06. The summed E-state index contributed by atoms with van der Waals surface area (Å²) in [6.45, 7) is 14.5. The van der Waals surface area contributed by atoms with Gasteiger partial charge >= 0.3 is 0 Å². The van der Waals surface area contributed by atoms with Crippen molar-refractivity contribution < 1.29 is 4.74 Å². The largest absolute Gasteiger partial charge is 0.379 e. The molecule has 17 heavy (non-hydrogen) atoms. The first kappa shape index (κ1) is 16.9. The highest BCUT2D eigenvalue weighted by atomic mass is 16.5. The van der Waals surface area contributed by atoms with Gasteiger partial charge in [-0.05, 0) is 24.3 Å². The van der Waals surface area contributed by atoms with Crippen LogP contribution in [0.4, 0.5) is 0 Å². The molecular weight excluding hydrogens is 210 g/mol. The van der Waals surface area contributed by atoms with Crippen molar-refractivity contribution in [2.24, 2.45) is 11.3 Å². The van der Waals surface area contributed by atoms with E-state index < -0.39 is 0 Å². The molecule has 0 amide bonds. The third-order valence-corrected chi connectivity index (χ3v) is 3.24. The molecule has 0 radical (unpaired) electrons. The Morgan fingerprint density at radius 2 is 1.71 bits per heavy atom. The van der Waals surface area contributed by atoms with Crippen LogP contribution in [-0.4, -0.2) is 25.8 Å². The Balaban J connectivity index is 4.37. The summed E-state index contributed by atoms with van der Waals surface area (Å²) in [5.41, 5.74) is 0.194. The molecule has 0 saturated heterocycles.